The van der Waals surface area contributed by atoms with Crippen LogP contribution < -0.4 is 4.74 Å². The topological polar surface area (TPSA) is 19.1 Å². The molecule has 9 rings (SSSR count). The SMILES string of the molecule is Fc1ccc2c(c1)c1cc(F)ccc1n2-c1ccc(-c2ccc3c4cccc5c4n(c3c2)-c2ccccc2O5)cc1. The van der Waals surface area contributed by atoms with Gasteiger partial charge >= 0.3 is 0 Å². The zero-order valence-electron chi connectivity index (χ0n) is 21.6. The van der Waals surface area contributed by atoms with Gasteiger partial charge in [0.2, 0.25) is 0 Å². The lowest BCUT2D eigenvalue weighted by Gasteiger charge is -2.20. The Balaban J connectivity index is 1.22. The summed E-state index contributed by atoms with van der Waals surface area (Å²) in [6.07, 6.45) is 0. The molecule has 0 amide bonds. The zero-order chi connectivity index (χ0) is 27.2. The van der Waals surface area contributed by atoms with Gasteiger partial charge < -0.3 is 13.9 Å². The third-order valence-electron chi connectivity index (χ3n) is 8.23. The molecule has 1 aliphatic heterocycles. The summed E-state index contributed by atoms with van der Waals surface area (Å²) in [4.78, 5) is 0. The molecule has 194 valence electrons. The van der Waals surface area contributed by atoms with Crippen molar-refractivity contribution in [3.05, 3.63) is 133 Å². The van der Waals surface area contributed by atoms with E-state index in [-0.39, 0.29) is 11.6 Å². The van der Waals surface area contributed by atoms with Crippen LogP contribution in [0.15, 0.2) is 121 Å². The Morgan fingerprint density at radius 1 is 0.463 bits per heavy atom. The molecule has 0 saturated carbocycles. The average Bonchev–Trinajstić information content (AvgIpc) is 3.50. The fourth-order valence-corrected chi connectivity index (χ4v) is 6.44. The summed E-state index contributed by atoms with van der Waals surface area (Å²) < 4.78 is 38.9. The maximum atomic E-state index is 14.1. The number of hydrogen-bond donors (Lipinski definition) is 0. The highest BCUT2D eigenvalue weighted by Gasteiger charge is 2.23. The van der Waals surface area contributed by atoms with E-state index >= 15 is 0 Å². The first-order valence-corrected chi connectivity index (χ1v) is 13.5. The van der Waals surface area contributed by atoms with E-state index in [0.29, 0.717) is 10.8 Å². The second kappa shape index (κ2) is 8.05. The summed E-state index contributed by atoms with van der Waals surface area (Å²) in [5, 5.41) is 3.71. The summed E-state index contributed by atoms with van der Waals surface area (Å²) in [5.41, 5.74) is 7.98. The summed E-state index contributed by atoms with van der Waals surface area (Å²) in [6.45, 7) is 0. The van der Waals surface area contributed by atoms with E-state index < -0.39 is 0 Å². The van der Waals surface area contributed by atoms with Crippen molar-refractivity contribution in [2.45, 2.75) is 0 Å². The van der Waals surface area contributed by atoms with E-state index in [1.807, 2.05) is 30.3 Å². The van der Waals surface area contributed by atoms with Crippen LogP contribution >= 0.6 is 0 Å². The van der Waals surface area contributed by atoms with Crippen molar-refractivity contribution < 1.29 is 13.5 Å². The Morgan fingerprint density at radius 3 is 1.90 bits per heavy atom. The lowest BCUT2D eigenvalue weighted by Crippen LogP contribution is -2.03. The first kappa shape index (κ1) is 22.4. The first-order chi connectivity index (χ1) is 20.1. The van der Waals surface area contributed by atoms with Crippen molar-refractivity contribution >= 4 is 43.6 Å². The van der Waals surface area contributed by atoms with Crippen molar-refractivity contribution in [2.24, 2.45) is 0 Å². The molecule has 0 atom stereocenters. The molecule has 8 aromatic rings. The summed E-state index contributed by atoms with van der Waals surface area (Å²) >= 11 is 0. The number of nitrogens with zero attached hydrogens (tertiary/aromatic N) is 2. The van der Waals surface area contributed by atoms with Gasteiger partial charge in [-0.25, -0.2) is 8.78 Å². The standard InChI is InChI=1S/C36H20F2N2O/c37-23-11-16-30-28(19-23)29-20-24(38)12-17-31(29)39(30)25-13-8-21(9-14-25)22-10-15-26-27-4-3-7-35-36(27)40(33(26)18-22)32-5-1-2-6-34(32)41-35/h1-20H. The fourth-order valence-electron chi connectivity index (χ4n) is 6.44. The molecule has 0 radical (unpaired) electrons. The van der Waals surface area contributed by atoms with Gasteiger partial charge in [0.15, 0.2) is 11.5 Å². The van der Waals surface area contributed by atoms with Gasteiger partial charge in [-0.15, -0.1) is 0 Å². The minimum atomic E-state index is -0.343. The van der Waals surface area contributed by atoms with Crippen LogP contribution in [0.3, 0.4) is 0 Å². The van der Waals surface area contributed by atoms with Crippen LogP contribution in [-0.4, -0.2) is 9.13 Å². The van der Waals surface area contributed by atoms with Gasteiger partial charge in [-0.2, -0.15) is 0 Å². The van der Waals surface area contributed by atoms with Gasteiger partial charge in [0.25, 0.3) is 0 Å². The smallest absolute Gasteiger partial charge is 0.152 e. The molecule has 6 aromatic carbocycles. The van der Waals surface area contributed by atoms with Gasteiger partial charge in [-0.05, 0) is 83.9 Å². The lowest BCUT2D eigenvalue weighted by molar-refractivity contribution is 0.476. The van der Waals surface area contributed by atoms with E-state index in [1.165, 1.54) is 29.7 Å². The fraction of sp³-hybridized carbons (Fsp3) is 0. The minimum absolute atomic E-state index is 0.343. The van der Waals surface area contributed by atoms with Gasteiger partial charge in [0.1, 0.15) is 11.6 Å². The van der Waals surface area contributed by atoms with Crippen LogP contribution in [0, 0.1) is 11.6 Å². The molecule has 5 heteroatoms. The molecule has 2 aromatic heterocycles. The molecule has 0 spiro atoms. The van der Waals surface area contributed by atoms with Crippen molar-refractivity contribution in [3.8, 4) is 34.0 Å². The molecular weight excluding hydrogens is 514 g/mol. The second-order valence-electron chi connectivity index (χ2n) is 10.5. The molecule has 0 bridgehead atoms. The molecule has 0 N–H and O–H groups in total. The van der Waals surface area contributed by atoms with E-state index in [0.717, 1.165) is 61.5 Å². The number of para-hydroxylation sites is 3. The Kier molecular flexibility index (Phi) is 4.40. The third-order valence-corrected chi connectivity index (χ3v) is 8.23. The molecular formula is C36H20F2N2O. The number of ether oxygens (including phenoxy) is 1. The van der Waals surface area contributed by atoms with Crippen LogP contribution in [-0.2, 0) is 0 Å². The van der Waals surface area contributed by atoms with E-state index in [2.05, 4.69) is 63.7 Å². The number of rotatable bonds is 2. The number of fused-ring (bicyclic) bond motifs is 8. The van der Waals surface area contributed by atoms with Crippen LogP contribution in [0.5, 0.6) is 11.5 Å². The molecule has 3 nitrogen and oxygen atoms in total. The van der Waals surface area contributed by atoms with Gasteiger partial charge in [0, 0.05) is 27.2 Å². The van der Waals surface area contributed by atoms with Crippen molar-refractivity contribution in [2.75, 3.05) is 0 Å². The maximum Gasteiger partial charge on any atom is 0.152 e. The zero-order valence-corrected chi connectivity index (χ0v) is 21.6. The lowest BCUT2D eigenvalue weighted by atomic mass is 10.0. The highest BCUT2D eigenvalue weighted by molar-refractivity contribution is 6.13. The molecule has 0 aliphatic carbocycles. The Bertz CT molecular complexity index is 2300. The van der Waals surface area contributed by atoms with Crippen LogP contribution in [0.25, 0.3) is 66.1 Å². The largest absolute Gasteiger partial charge is 0.453 e. The number of aromatic nitrogens is 2. The number of hydrogen-bond acceptors (Lipinski definition) is 1. The van der Waals surface area contributed by atoms with Gasteiger partial charge in [-0.1, -0.05) is 48.5 Å². The summed E-state index contributed by atoms with van der Waals surface area (Å²) in [5.74, 6) is 1.01. The van der Waals surface area contributed by atoms with Crippen molar-refractivity contribution in [1.82, 2.24) is 9.13 Å². The Morgan fingerprint density at radius 2 is 1.15 bits per heavy atom. The van der Waals surface area contributed by atoms with Crippen LogP contribution in [0.1, 0.15) is 0 Å². The van der Waals surface area contributed by atoms with E-state index in [1.54, 1.807) is 12.1 Å². The number of halogens is 2. The normalized spacial score (nSPS) is 12.3. The predicted octanol–water partition coefficient (Wildman–Crippen LogP) is 9.93. The number of benzene rings is 6. The maximum absolute atomic E-state index is 14.1. The Hall–Kier alpha value is -5.42. The van der Waals surface area contributed by atoms with E-state index in [9.17, 15) is 8.78 Å². The highest BCUT2D eigenvalue weighted by atomic mass is 19.1. The predicted molar refractivity (Wildman–Crippen MR) is 161 cm³/mol. The van der Waals surface area contributed by atoms with Crippen molar-refractivity contribution in [3.63, 3.8) is 0 Å². The van der Waals surface area contributed by atoms with Gasteiger partial charge in [0.05, 0.1) is 27.8 Å². The summed E-state index contributed by atoms with van der Waals surface area (Å²) in [7, 11) is 0. The van der Waals surface area contributed by atoms with E-state index in [4.69, 9.17) is 4.74 Å². The molecule has 0 fully saturated rings. The minimum Gasteiger partial charge on any atom is -0.453 e. The first-order valence-electron chi connectivity index (χ1n) is 13.5. The Labute approximate surface area is 233 Å². The third kappa shape index (κ3) is 3.11. The second-order valence-corrected chi connectivity index (χ2v) is 10.5. The molecule has 3 heterocycles. The van der Waals surface area contributed by atoms with Crippen molar-refractivity contribution in [1.29, 1.82) is 0 Å². The summed E-state index contributed by atoms with van der Waals surface area (Å²) in [6, 6.07) is 38.6. The molecule has 1 aliphatic rings. The van der Waals surface area contributed by atoms with Gasteiger partial charge in [-0.3, -0.25) is 0 Å². The average molecular weight is 535 g/mol. The molecule has 0 saturated heterocycles. The molecule has 41 heavy (non-hydrogen) atoms. The quantitative estimate of drug-likeness (QED) is 0.216. The van der Waals surface area contributed by atoms with Crippen LogP contribution in [0.2, 0.25) is 0 Å². The highest BCUT2D eigenvalue weighted by Crippen LogP contribution is 2.45. The molecule has 0 unspecified atom stereocenters. The monoisotopic (exact) mass is 534 g/mol. The van der Waals surface area contributed by atoms with Crippen LogP contribution in [0.4, 0.5) is 8.78 Å².